The Kier molecular flexibility index (Phi) is 5.37. The minimum atomic E-state index is -0.459. The van der Waals surface area contributed by atoms with E-state index < -0.39 is 6.04 Å². The van der Waals surface area contributed by atoms with Crippen LogP contribution in [0.15, 0.2) is 0 Å². The first kappa shape index (κ1) is 13.9. The number of likely N-dealkylation sites (N-methyl/N-ethyl adjacent to an activating group) is 1. The first-order chi connectivity index (χ1) is 8.02. The predicted octanol–water partition coefficient (Wildman–Crippen LogP) is -1.34. The minimum absolute atomic E-state index is 0.0306. The molecule has 6 nitrogen and oxygen atoms in total. The Morgan fingerprint density at radius 2 is 2.00 bits per heavy atom. The van der Waals surface area contributed by atoms with Gasteiger partial charge in [0.25, 0.3) is 0 Å². The Morgan fingerprint density at radius 3 is 2.47 bits per heavy atom. The van der Waals surface area contributed by atoms with Crippen LogP contribution in [-0.4, -0.2) is 55.5 Å². The number of nitrogens with one attached hydrogen (secondary N) is 2. The fraction of sp³-hybridized carbons (Fsp3) is 0.818. The maximum absolute atomic E-state index is 11.4. The summed E-state index contributed by atoms with van der Waals surface area (Å²) >= 11 is 0. The van der Waals surface area contributed by atoms with Crippen molar-refractivity contribution in [3.8, 4) is 0 Å². The van der Waals surface area contributed by atoms with Crippen LogP contribution >= 0.6 is 0 Å². The number of hydrogen-bond donors (Lipinski definition) is 3. The van der Waals surface area contributed by atoms with Crippen LogP contribution in [0.25, 0.3) is 0 Å². The van der Waals surface area contributed by atoms with E-state index in [-0.39, 0.29) is 17.9 Å². The van der Waals surface area contributed by atoms with Gasteiger partial charge in [-0.3, -0.25) is 14.5 Å². The lowest BCUT2D eigenvalue weighted by atomic mass is 10.0. The van der Waals surface area contributed by atoms with Crippen LogP contribution in [0.3, 0.4) is 0 Å². The molecule has 1 fully saturated rings. The molecule has 0 aliphatic carbocycles. The van der Waals surface area contributed by atoms with E-state index in [0.29, 0.717) is 6.54 Å². The van der Waals surface area contributed by atoms with Crippen molar-refractivity contribution in [2.24, 2.45) is 5.73 Å². The molecule has 0 aromatic carbocycles. The number of carbonyl (C=O) groups excluding carboxylic acids is 2. The topological polar surface area (TPSA) is 87.5 Å². The zero-order valence-corrected chi connectivity index (χ0v) is 10.5. The van der Waals surface area contributed by atoms with Gasteiger partial charge < -0.3 is 16.4 Å². The molecule has 0 bridgehead atoms. The molecule has 0 saturated carbocycles. The van der Waals surface area contributed by atoms with Gasteiger partial charge in [0.2, 0.25) is 11.8 Å². The Morgan fingerprint density at radius 1 is 1.41 bits per heavy atom. The molecule has 0 spiro atoms. The van der Waals surface area contributed by atoms with Gasteiger partial charge in [0.05, 0.1) is 12.6 Å². The number of amides is 2. The lowest BCUT2D eigenvalue weighted by Crippen LogP contribution is -2.50. The molecular formula is C11H22N4O2. The third-order valence-corrected chi connectivity index (χ3v) is 2.99. The van der Waals surface area contributed by atoms with E-state index in [1.54, 1.807) is 14.0 Å². The second-order valence-electron chi connectivity index (χ2n) is 4.52. The second-order valence-corrected chi connectivity index (χ2v) is 4.52. The van der Waals surface area contributed by atoms with Gasteiger partial charge in [-0.1, -0.05) is 0 Å². The zero-order valence-electron chi connectivity index (χ0n) is 10.5. The summed E-state index contributed by atoms with van der Waals surface area (Å²) in [6.45, 7) is 3.77. The molecule has 1 atom stereocenters. The van der Waals surface area contributed by atoms with Crippen molar-refractivity contribution in [2.45, 2.75) is 31.8 Å². The number of nitrogens with zero attached hydrogens (tertiary/aromatic N) is 1. The van der Waals surface area contributed by atoms with E-state index in [0.717, 1.165) is 25.9 Å². The molecule has 1 rings (SSSR count). The maximum atomic E-state index is 11.4. The van der Waals surface area contributed by atoms with E-state index in [9.17, 15) is 9.59 Å². The minimum Gasteiger partial charge on any atom is -0.358 e. The number of hydrogen-bond acceptors (Lipinski definition) is 4. The summed E-state index contributed by atoms with van der Waals surface area (Å²) in [6, 6.07) is -0.270. The van der Waals surface area contributed by atoms with Crippen molar-refractivity contribution in [3.05, 3.63) is 0 Å². The van der Waals surface area contributed by atoms with Gasteiger partial charge >= 0.3 is 0 Å². The molecule has 1 aliphatic rings. The van der Waals surface area contributed by atoms with Crippen molar-refractivity contribution in [1.29, 1.82) is 0 Å². The van der Waals surface area contributed by atoms with Gasteiger partial charge in [0, 0.05) is 26.2 Å². The number of rotatable bonds is 4. The Bertz CT molecular complexity index is 273. The first-order valence-corrected chi connectivity index (χ1v) is 6.02. The average molecular weight is 242 g/mol. The first-order valence-electron chi connectivity index (χ1n) is 6.02. The third kappa shape index (κ3) is 4.70. The van der Waals surface area contributed by atoms with Crippen LogP contribution in [0, 0.1) is 0 Å². The number of nitrogens with two attached hydrogens (primary N) is 1. The van der Waals surface area contributed by atoms with Gasteiger partial charge in [-0.15, -0.1) is 0 Å². The van der Waals surface area contributed by atoms with E-state index >= 15 is 0 Å². The molecular weight excluding hydrogens is 220 g/mol. The smallest absolute Gasteiger partial charge is 0.236 e. The summed E-state index contributed by atoms with van der Waals surface area (Å²) in [5, 5.41) is 5.52. The lowest BCUT2D eigenvalue weighted by Gasteiger charge is -2.32. The zero-order chi connectivity index (χ0) is 12.8. The van der Waals surface area contributed by atoms with E-state index in [4.69, 9.17) is 5.73 Å². The predicted molar refractivity (Wildman–Crippen MR) is 65.3 cm³/mol. The van der Waals surface area contributed by atoms with Crippen LogP contribution in [0.4, 0.5) is 0 Å². The SMILES string of the molecule is CNC(=O)CN1CCC(NC(=O)C(C)N)CC1. The molecule has 0 aromatic heterocycles. The van der Waals surface area contributed by atoms with Crippen molar-refractivity contribution in [3.63, 3.8) is 0 Å². The Labute approximate surface area is 102 Å². The van der Waals surface area contributed by atoms with Crippen LogP contribution in [-0.2, 0) is 9.59 Å². The van der Waals surface area contributed by atoms with Gasteiger partial charge in [-0.2, -0.15) is 0 Å². The normalized spacial score (nSPS) is 19.7. The summed E-state index contributed by atoms with van der Waals surface area (Å²) in [7, 11) is 1.64. The summed E-state index contributed by atoms with van der Waals surface area (Å²) in [5.41, 5.74) is 5.49. The van der Waals surface area contributed by atoms with Crippen molar-refractivity contribution in [2.75, 3.05) is 26.7 Å². The van der Waals surface area contributed by atoms with Gasteiger partial charge in [0.1, 0.15) is 0 Å². The molecule has 1 aliphatic heterocycles. The quantitative estimate of drug-likeness (QED) is 0.569. The molecule has 0 aromatic rings. The van der Waals surface area contributed by atoms with E-state index in [2.05, 4.69) is 15.5 Å². The van der Waals surface area contributed by atoms with Crippen LogP contribution in [0.2, 0.25) is 0 Å². The molecule has 2 amide bonds. The summed E-state index contributed by atoms with van der Waals surface area (Å²) in [6.07, 6.45) is 1.74. The van der Waals surface area contributed by atoms with E-state index in [1.165, 1.54) is 0 Å². The monoisotopic (exact) mass is 242 g/mol. The summed E-state index contributed by atoms with van der Waals surface area (Å²) in [5.74, 6) is -0.0715. The van der Waals surface area contributed by atoms with Gasteiger partial charge in [0.15, 0.2) is 0 Å². The lowest BCUT2D eigenvalue weighted by molar-refractivity contribution is -0.124. The molecule has 1 saturated heterocycles. The van der Waals surface area contributed by atoms with Gasteiger partial charge in [-0.05, 0) is 19.8 Å². The van der Waals surface area contributed by atoms with Crippen LogP contribution in [0.5, 0.6) is 0 Å². The highest BCUT2D eigenvalue weighted by atomic mass is 16.2. The second kappa shape index (κ2) is 6.56. The highest BCUT2D eigenvalue weighted by Crippen LogP contribution is 2.09. The molecule has 98 valence electrons. The molecule has 17 heavy (non-hydrogen) atoms. The molecule has 1 heterocycles. The molecule has 6 heteroatoms. The molecule has 4 N–H and O–H groups in total. The molecule has 1 unspecified atom stereocenters. The fourth-order valence-electron chi connectivity index (χ4n) is 1.85. The van der Waals surface area contributed by atoms with Crippen molar-refractivity contribution < 1.29 is 9.59 Å². The highest BCUT2D eigenvalue weighted by molar-refractivity contribution is 5.81. The van der Waals surface area contributed by atoms with Crippen molar-refractivity contribution >= 4 is 11.8 Å². The number of piperidine rings is 1. The summed E-state index contributed by atoms with van der Waals surface area (Å²) in [4.78, 5) is 24.7. The number of carbonyl (C=O) groups is 2. The van der Waals surface area contributed by atoms with Crippen LogP contribution < -0.4 is 16.4 Å². The standard InChI is InChI=1S/C11H22N4O2/c1-8(12)11(17)14-9-3-5-15(6-4-9)7-10(16)13-2/h8-9H,3-7,12H2,1-2H3,(H,13,16)(H,14,17). The fourth-order valence-corrected chi connectivity index (χ4v) is 1.85. The van der Waals surface area contributed by atoms with Gasteiger partial charge in [-0.25, -0.2) is 0 Å². The summed E-state index contributed by atoms with van der Waals surface area (Å²) < 4.78 is 0. The molecule has 0 radical (unpaired) electrons. The Balaban J connectivity index is 2.26. The van der Waals surface area contributed by atoms with Crippen LogP contribution in [0.1, 0.15) is 19.8 Å². The number of likely N-dealkylation sites (tertiary alicyclic amines) is 1. The van der Waals surface area contributed by atoms with Crippen molar-refractivity contribution in [1.82, 2.24) is 15.5 Å². The average Bonchev–Trinajstić information content (AvgIpc) is 2.31. The highest BCUT2D eigenvalue weighted by Gasteiger charge is 2.22. The van der Waals surface area contributed by atoms with E-state index in [1.807, 2.05) is 0 Å². The maximum Gasteiger partial charge on any atom is 0.236 e. The Hall–Kier alpha value is -1.14. The largest absolute Gasteiger partial charge is 0.358 e. The third-order valence-electron chi connectivity index (χ3n) is 2.99.